The van der Waals surface area contributed by atoms with Crippen LogP contribution in [-0.4, -0.2) is 0 Å². The molecule has 0 amide bonds. The average molecular weight is 245 g/mol. The Morgan fingerprint density at radius 2 is 1.42 bits per heavy atom. The molecule has 0 aromatic heterocycles. The molecule has 3 aromatic carbocycles. The molecule has 0 saturated heterocycles. The minimum Gasteiger partial charge on any atom is -0.0616 e. The smallest absolute Gasteiger partial charge is 0.0375 e. The molecule has 3 aromatic rings. The van der Waals surface area contributed by atoms with Gasteiger partial charge in [0.25, 0.3) is 0 Å². The van der Waals surface area contributed by atoms with Crippen molar-refractivity contribution in [2.24, 2.45) is 5.11 Å². The van der Waals surface area contributed by atoms with E-state index in [0.717, 1.165) is 11.1 Å². The van der Waals surface area contributed by atoms with Crippen molar-refractivity contribution in [3.05, 3.63) is 77.2 Å². The van der Waals surface area contributed by atoms with Crippen molar-refractivity contribution in [2.45, 2.75) is 0 Å². The Morgan fingerprint density at radius 3 is 2.16 bits per heavy atom. The Kier molecular flexibility index (Phi) is 2.89. The summed E-state index contributed by atoms with van der Waals surface area (Å²) in [5.74, 6) is 0. The molecular weight excluding hydrogens is 234 g/mol. The maximum Gasteiger partial charge on any atom is 0.0375 e. The molecule has 90 valence electrons. The van der Waals surface area contributed by atoms with E-state index in [4.69, 9.17) is 5.53 Å². The third kappa shape index (κ3) is 2.28. The molecule has 0 fully saturated rings. The quantitative estimate of drug-likeness (QED) is 0.327. The normalized spacial score (nSPS) is 10.1. The number of fused-ring (bicyclic) bond motifs is 1. The van der Waals surface area contributed by atoms with Crippen LogP contribution in [0.25, 0.3) is 32.3 Å². The third-order valence-corrected chi connectivity index (χ3v) is 3.11. The van der Waals surface area contributed by atoms with E-state index in [9.17, 15) is 0 Å². The molecule has 3 nitrogen and oxygen atoms in total. The van der Waals surface area contributed by atoms with Gasteiger partial charge in [0.1, 0.15) is 0 Å². The first kappa shape index (κ1) is 11.3. The summed E-state index contributed by atoms with van der Waals surface area (Å²) >= 11 is 0. The number of benzene rings is 3. The molecule has 0 radical (unpaired) electrons. The summed E-state index contributed by atoms with van der Waals surface area (Å²) in [6.45, 7) is 0. The lowest BCUT2D eigenvalue weighted by Gasteiger charge is -2.04. The van der Waals surface area contributed by atoms with Gasteiger partial charge in [-0.05, 0) is 33.5 Å². The highest BCUT2D eigenvalue weighted by molar-refractivity contribution is 5.87. The van der Waals surface area contributed by atoms with Crippen LogP contribution in [-0.2, 0) is 0 Å². The molecule has 0 aliphatic rings. The number of azide groups is 1. The highest BCUT2D eigenvalue weighted by Gasteiger charge is 1.99. The van der Waals surface area contributed by atoms with Crippen molar-refractivity contribution < 1.29 is 0 Å². The van der Waals surface area contributed by atoms with Crippen LogP contribution in [0.1, 0.15) is 0 Å². The van der Waals surface area contributed by atoms with Crippen LogP contribution < -0.4 is 0 Å². The maximum absolute atomic E-state index is 8.38. The minimum atomic E-state index is 0.632. The van der Waals surface area contributed by atoms with Gasteiger partial charge in [0.05, 0.1) is 0 Å². The number of hydrogen-bond donors (Lipinski definition) is 0. The van der Waals surface area contributed by atoms with Gasteiger partial charge < -0.3 is 0 Å². The fraction of sp³-hybridized carbons (Fsp3) is 0. The van der Waals surface area contributed by atoms with Gasteiger partial charge in [-0.15, -0.1) is 0 Å². The second-order valence-electron chi connectivity index (χ2n) is 4.30. The second kappa shape index (κ2) is 4.84. The predicted octanol–water partition coefficient (Wildman–Crippen LogP) is 5.45. The average Bonchev–Trinajstić information content (AvgIpc) is 2.48. The van der Waals surface area contributed by atoms with Crippen LogP contribution in [0.3, 0.4) is 0 Å². The monoisotopic (exact) mass is 245 g/mol. The molecule has 0 aliphatic heterocycles. The van der Waals surface area contributed by atoms with Crippen molar-refractivity contribution in [3.8, 4) is 11.1 Å². The van der Waals surface area contributed by atoms with Crippen LogP contribution in [0.2, 0.25) is 0 Å². The van der Waals surface area contributed by atoms with Crippen LogP contribution in [0, 0.1) is 0 Å². The van der Waals surface area contributed by atoms with Gasteiger partial charge in [-0.25, -0.2) is 0 Å². The molecule has 0 atom stereocenters. The first-order valence-electron chi connectivity index (χ1n) is 6.01. The first-order valence-corrected chi connectivity index (χ1v) is 6.01. The Morgan fingerprint density at radius 1 is 0.737 bits per heavy atom. The first-order chi connectivity index (χ1) is 9.36. The molecule has 0 aliphatic carbocycles. The van der Waals surface area contributed by atoms with Crippen molar-refractivity contribution >= 4 is 16.5 Å². The summed E-state index contributed by atoms with van der Waals surface area (Å²) in [7, 11) is 0. The standard InChI is InChI=1S/C16H11N3/c17-19-18-16-9-7-13(8-10-16)15-6-5-12-3-1-2-4-14(12)11-15/h1-11H. The molecule has 0 spiro atoms. The van der Waals surface area contributed by atoms with Crippen molar-refractivity contribution in [1.29, 1.82) is 0 Å². The molecule has 0 heterocycles. The molecule has 0 unspecified atom stereocenters. The lowest BCUT2D eigenvalue weighted by Crippen LogP contribution is -1.78. The Balaban J connectivity index is 2.05. The SMILES string of the molecule is [N-]=[N+]=Nc1ccc(-c2ccc3ccccc3c2)cc1. The third-order valence-electron chi connectivity index (χ3n) is 3.11. The molecular formula is C16H11N3. The number of nitrogens with zero attached hydrogens (tertiary/aromatic N) is 3. The molecule has 0 N–H and O–H groups in total. The van der Waals surface area contributed by atoms with Gasteiger partial charge in [-0.2, -0.15) is 0 Å². The Hall–Kier alpha value is -2.77. The lowest BCUT2D eigenvalue weighted by molar-refractivity contribution is 1.48. The zero-order valence-corrected chi connectivity index (χ0v) is 10.2. The molecule has 3 rings (SSSR count). The van der Waals surface area contributed by atoms with E-state index in [1.165, 1.54) is 10.8 Å². The van der Waals surface area contributed by atoms with Crippen LogP contribution in [0.5, 0.6) is 0 Å². The molecule has 3 heteroatoms. The fourth-order valence-electron chi connectivity index (χ4n) is 2.14. The molecule has 19 heavy (non-hydrogen) atoms. The Bertz CT molecular complexity index is 769. The summed E-state index contributed by atoms with van der Waals surface area (Å²) in [5, 5.41) is 6.03. The summed E-state index contributed by atoms with van der Waals surface area (Å²) in [6, 6.07) is 22.2. The van der Waals surface area contributed by atoms with Gasteiger partial charge in [0.15, 0.2) is 0 Å². The van der Waals surface area contributed by atoms with Gasteiger partial charge in [-0.1, -0.05) is 65.8 Å². The lowest BCUT2D eigenvalue weighted by atomic mass is 10.0. The summed E-state index contributed by atoms with van der Waals surface area (Å²) in [5.41, 5.74) is 11.3. The van der Waals surface area contributed by atoms with E-state index in [0.29, 0.717) is 5.69 Å². The van der Waals surface area contributed by atoms with E-state index in [2.05, 4.69) is 40.4 Å². The van der Waals surface area contributed by atoms with Gasteiger partial charge in [0, 0.05) is 10.6 Å². The van der Waals surface area contributed by atoms with Gasteiger partial charge >= 0.3 is 0 Å². The van der Waals surface area contributed by atoms with E-state index >= 15 is 0 Å². The van der Waals surface area contributed by atoms with Gasteiger partial charge in [-0.3, -0.25) is 0 Å². The van der Waals surface area contributed by atoms with E-state index in [-0.39, 0.29) is 0 Å². The molecule has 0 bridgehead atoms. The predicted molar refractivity (Wildman–Crippen MR) is 78.2 cm³/mol. The van der Waals surface area contributed by atoms with Crippen molar-refractivity contribution in [3.63, 3.8) is 0 Å². The topological polar surface area (TPSA) is 48.8 Å². The summed E-state index contributed by atoms with van der Waals surface area (Å²) in [4.78, 5) is 2.77. The zero-order valence-electron chi connectivity index (χ0n) is 10.2. The van der Waals surface area contributed by atoms with E-state index in [1.807, 2.05) is 36.4 Å². The summed E-state index contributed by atoms with van der Waals surface area (Å²) in [6.07, 6.45) is 0. The second-order valence-corrected chi connectivity index (χ2v) is 4.30. The van der Waals surface area contributed by atoms with E-state index < -0.39 is 0 Å². The minimum absolute atomic E-state index is 0.632. The van der Waals surface area contributed by atoms with Crippen LogP contribution >= 0.6 is 0 Å². The largest absolute Gasteiger partial charge is 0.0616 e. The maximum atomic E-state index is 8.38. The zero-order chi connectivity index (χ0) is 13.1. The molecule has 0 saturated carbocycles. The summed E-state index contributed by atoms with van der Waals surface area (Å²) < 4.78 is 0. The highest BCUT2D eigenvalue weighted by Crippen LogP contribution is 2.26. The van der Waals surface area contributed by atoms with Crippen molar-refractivity contribution in [2.75, 3.05) is 0 Å². The number of hydrogen-bond acceptors (Lipinski definition) is 1. The van der Waals surface area contributed by atoms with Gasteiger partial charge in [0.2, 0.25) is 0 Å². The van der Waals surface area contributed by atoms with Crippen LogP contribution in [0.4, 0.5) is 5.69 Å². The van der Waals surface area contributed by atoms with Crippen molar-refractivity contribution in [1.82, 2.24) is 0 Å². The van der Waals surface area contributed by atoms with Crippen LogP contribution in [0.15, 0.2) is 71.8 Å². The van der Waals surface area contributed by atoms with E-state index in [1.54, 1.807) is 0 Å². The highest BCUT2D eigenvalue weighted by atomic mass is 15.1. The number of rotatable bonds is 2. The fourth-order valence-corrected chi connectivity index (χ4v) is 2.14. The Labute approximate surface area is 110 Å².